The van der Waals surface area contributed by atoms with Gasteiger partial charge in [-0.1, -0.05) is 19.4 Å². The van der Waals surface area contributed by atoms with Gasteiger partial charge in [-0.15, -0.1) is 0 Å². The molecule has 8 rings (SSSR count). The maximum atomic E-state index is 13.1. The Morgan fingerprint density at radius 2 is 1.39 bits per heavy atom. The number of nitrogens with zero attached hydrogens (tertiary/aromatic N) is 11. The van der Waals surface area contributed by atoms with Crippen molar-refractivity contribution in [2.45, 2.75) is 79.3 Å². The molecule has 2 fully saturated rings. The second-order valence-corrected chi connectivity index (χ2v) is 15.0. The van der Waals surface area contributed by atoms with Crippen LogP contribution in [0.15, 0.2) is 59.4 Å². The van der Waals surface area contributed by atoms with E-state index in [1.165, 1.54) is 37.3 Å². The molecule has 284 valence electrons. The lowest BCUT2D eigenvalue weighted by Gasteiger charge is -2.17. The molecule has 1 atom stereocenters. The number of carbonyl (C=O) groups is 1. The van der Waals surface area contributed by atoms with E-state index in [2.05, 4.69) is 32.1 Å². The highest BCUT2D eigenvalue weighted by Crippen LogP contribution is 2.27. The Morgan fingerprint density at radius 1 is 0.778 bits per heavy atom. The topological polar surface area (TPSA) is 147 Å². The predicted octanol–water partition coefficient (Wildman–Crippen LogP) is 4.25. The molecular formula is C39H50N12O3. The summed E-state index contributed by atoms with van der Waals surface area (Å²) >= 11 is 0. The normalized spacial score (nSPS) is 16.0. The van der Waals surface area contributed by atoms with Crippen LogP contribution in [0, 0.1) is 39.5 Å². The van der Waals surface area contributed by atoms with E-state index in [4.69, 9.17) is 0 Å². The lowest BCUT2D eigenvalue weighted by Crippen LogP contribution is -2.32. The van der Waals surface area contributed by atoms with Gasteiger partial charge in [0.2, 0.25) is 5.91 Å². The fourth-order valence-corrected chi connectivity index (χ4v) is 8.03. The first kappa shape index (κ1) is 36.6. The third-order valence-corrected chi connectivity index (χ3v) is 10.8. The van der Waals surface area contributed by atoms with Crippen molar-refractivity contribution < 1.29 is 4.79 Å². The molecule has 1 unspecified atom stereocenters. The summed E-state index contributed by atoms with van der Waals surface area (Å²) in [5, 5.41) is 12.2. The molecule has 1 saturated heterocycles. The first-order chi connectivity index (χ1) is 25.9. The molecule has 15 heteroatoms. The monoisotopic (exact) mass is 734 g/mol. The van der Waals surface area contributed by atoms with Gasteiger partial charge in [-0.25, -0.2) is 28.4 Å². The van der Waals surface area contributed by atoms with E-state index in [0.29, 0.717) is 31.2 Å². The van der Waals surface area contributed by atoms with E-state index in [-0.39, 0.29) is 23.2 Å². The zero-order valence-electron chi connectivity index (χ0n) is 32.1. The van der Waals surface area contributed by atoms with Crippen molar-refractivity contribution in [2.75, 3.05) is 18.4 Å². The fourth-order valence-electron chi connectivity index (χ4n) is 8.03. The zero-order valence-corrected chi connectivity index (χ0v) is 32.1. The molecular weight excluding hydrogens is 685 g/mol. The van der Waals surface area contributed by atoms with Crippen LogP contribution in [0.1, 0.15) is 66.0 Å². The maximum Gasteiger partial charge on any atom is 0.334 e. The van der Waals surface area contributed by atoms with Gasteiger partial charge in [0, 0.05) is 101 Å². The number of anilines is 2. The van der Waals surface area contributed by atoms with Crippen molar-refractivity contribution in [1.82, 2.24) is 52.4 Å². The second-order valence-electron chi connectivity index (χ2n) is 15.0. The van der Waals surface area contributed by atoms with Crippen molar-refractivity contribution in [2.24, 2.45) is 25.9 Å². The zero-order chi connectivity index (χ0) is 38.3. The largest absolute Gasteiger partial charge is 0.348 e. The van der Waals surface area contributed by atoms with Crippen LogP contribution in [0.5, 0.6) is 0 Å². The average Bonchev–Trinajstić information content (AvgIpc) is 4.00. The molecule has 1 aliphatic heterocycles. The molecule has 15 nitrogen and oxygen atoms in total. The van der Waals surface area contributed by atoms with Crippen molar-refractivity contribution in [3.05, 3.63) is 105 Å². The van der Waals surface area contributed by atoms with Gasteiger partial charge < -0.3 is 10.2 Å². The molecule has 1 amide bonds. The molecule has 1 N–H and O–H groups in total. The Morgan fingerprint density at radius 3 is 2.02 bits per heavy atom. The third kappa shape index (κ3) is 7.26. The number of hydrogen-bond acceptors (Lipinski definition) is 8. The number of nitrogens with one attached hydrogen (secondary N) is 1. The summed E-state index contributed by atoms with van der Waals surface area (Å²) in [5.74, 6) is 0.771. The summed E-state index contributed by atoms with van der Waals surface area (Å²) in [6.45, 7) is 14.0. The average molecular weight is 735 g/mol. The third-order valence-electron chi connectivity index (χ3n) is 10.8. The summed E-state index contributed by atoms with van der Waals surface area (Å²) in [7, 11) is 3.80. The molecule has 7 heterocycles. The summed E-state index contributed by atoms with van der Waals surface area (Å²) < 4.78 is 10.6. The summed E-state index contributed by atoms with van der Waals surface area (Å²) in [6, 6.07) is 0. The molecule has 0 bridgehead atoms. The Kier molecular flexibility index (Phi) is 10.1. The summed E-state index contributed by atoms with van der Waals surface area (Å²) in [4.78, 5) is 48.6. The SMILES string of the molecule is C=CC(=O)N1CCC(Cn2cc(Nc3cn(C)nc3C)c3ncc(C)n3c2=O)C1.Cc1nn(C)cc1Cc1cn(CC2CCCC2)c(=O)n2c(C)cnc12. The van der Waals surface area contributed by atoms with Crippen LogP contribution in [-0.4, -0.2) is 71.4 Å². The van der Waals surface area contributed by atoms with Crippen LogP contribution < -0.4 is 16.7 Å². The molecule has 0 radical (unpaired) electrons. The van der Waals surface area contributed by atoms with Crippen LogP contribution in [-0.2, 0) is 38.4 Å². The lowest BCUT2D eigenvalue weighted by atomic mass is 10.1. The van der Waals surface area contributed by atoms with Crippen LogP contribution in [0.3, 0.4) is 0 Å². The molecule has 54 heavy (non-hydrogen) atoms. The van der Waals surface area contributed by atoms with Gasteiger partial charge in [0.15, 0.2) is 5.65 Å². The van der Waals surface area contributed by atoms with Crippen molar-refractivity contribution >= 4 is 28.6 Å². The van der Waals surface area contributed by atoms with Gasteiger partial charge in [-0.3, -0.25) is 23.3 Å². The van der Waals surface area contributed by atoms with Crippen molar-refractivity contribution in [3.8, 4) is 0 Å². The quantitative estimate of drug-likeness (QED) is 0.217. The standard InChI is InChI=1S/C20H25N7O2.C19H25N5O/c1-5-18(28)25-7-6-15(9-25)10-26-12-17(22-16-11-24(4)23-14(16)3)19-21-8-13(2)27(19)20(26)29;1-13-9-20-18-17(8-16-11-22(3)21-14(16)2)12-23(19(25)24(13)18)10-15-6-4-5-7-15/h5,8,11-12,15,22H,1,6-7,9-10H2,2-4H3;9,11-12,15H,4-8,10H2,1-3H3. The predicted molar refractivity (Wildman–Crippen MR) is 207 cm³/mol. The molecule has 2 aliphatic rings. The second kappa shape index (κ2) is 15.0. The number of rotatable bonds is 9. The van der Waals surface area contributed by atoms with Crippen LogP contribution in [0.25, 0.3) is 11.3 Å². The first-order valence-corrected chi connectivity index (χ1v) is 18.7. The molecule has 6 aromatic rings. The number of carbonyl (C=O) groups excluding carboxylic acids is 1. The number of amides is 1. The van der Waals surface area contributed by atoms with E-state index in [1.54, 1.807) is 35.3 Å². The van der Waals surface area contributed by atoms with Crippen LogP contribution in [0.4, 0.5) is 11.4 Å². The molecule has 0 aromatic carbocycles. The maximum absolute atomic E-state index is 13.1. The van der Waals surface area contributed by atoms with Crippen molar-refractivity contribution in [3.63, 3.8) is 0 Å². The van der Waals surface area contributed by atoms with E-state index >= 15 is 0 Å². The number of likely N-dealkylation sites (tertiary alicyclic amines) is 1. The Balaban J connectivity index is 0.000000168. The van der Waals surface area contributed by atoms with Gasteiger partial charge in [0.1, 0.15) is 5.65 Å². The minimum Gasteiger partial charge on any atom is -0.348 e. The number of aromatic nitrogens is 10. The van der Waals surface area contributed by atoms with Gasteiger partial charge in [0.25, 0.3) is 0 Å². The van der Waals surface area contributed by atoms with E-state index < -0.39 is 0 Å². The van der Waals surface area contributed by atoms with E-state index in [1.807, 2.05) is 75.8 Å². The Labute approximate surface area is 313 Å². The van der Waals surface area contributed by atoms with E-state index in [9.17, 15) is 14.4 Å². The highest BCUT2D eigenvalue weighted by atomic mass is 16.2. The molecule has 1 aliphatic carbocycles. The highest BCUT2D eigenvalue weighted by molar-refractivity contribution is 5.87. The first-order valence-electron chi connectivity index (χ1n) is 18.7. The highest BCUT2D eigenvalue weighted by Gasteiger charge is 2.26. The lowest BCUT2D eigenvalue weighted by molar-refractivity contribution is -0.125. The Bertz CT molecular complexity index is 2470. The number of aryl methyl sites for hydroxylation is 6. The van der Waals surface area contributed by atoms with Crippen molar-refractivity contribution in [1.29, 1.82) is 0 Å². The smallest absolute Gasteiger partial charge is 0.334 e. The van der Waals surface area contributed by atoms with Crippen LogP contribution in [0.2, 0.25) is 0 Å². The number of fused-ring (bicyclic) bond motifs is 2. The Hall–Kier alpha value is -5.73. The van der Waals surface area contributed by atoms with Gasteiger partial charge in [-0.05, 0) is 70.4 Å². The fraction of sp³-hybridized carbons (Fsp3) is 0.462. The summed E-state index contributed by atoms with van der Waals surface area (Å²) in [5.41, 5.74) is 8.69. The van der Waals surface area contributed by atoms with Gasteiger partial charge in [0.05, 0.1) is 22.8 Å². The van der Waals surface area contributed by atoms with E-state index in [0.717, 1.165) is 64.7 Å². The molecule has 1 saturated carbocycles. The number of hydrogen-bond donors (Lipinski definition) is 1. The minimum atomic E-state index is -0.128. The van der Waals surface area contributed by atoms with Gasteiger partial charge >= 0.3 is 11.4 Å². The molecule has 6 aromatic heterocycles. The minimum absolute atomic E-state index is 0.0311. The summed E-state index contributed by atoms with van der Waals surface area (Å²) in [6.07, 6.45) is 19.2. The van der Waals surface area contributed by atoms with Gasteiger partial charge in [-0.2, -0.15) is 10.2 Å². The number of imidazole rings is 2. The molecule has 0 spiro atoms. The van der Waals surface area contributed by atoms with Crippen LogP contribution >= 0.6 is 0 Å².